The molecule has 1 amide bonds. The standard InChI is InChI=1S/C22H44N4O4/c1-7-22(8-2,26-20(27)30-21(4,5)6)17-25-19(23-9-3)24-12-10-13-28-15-18-11-14-29-16-18/h18H,7-17H2,1-6H3,(H,26,27)(H2,23,24,25). The number of nitrogens with one attached hydrogen (secondary N) is 3. The van der Waals surface area contributed by atoms with Gasteiger partial charge in [-0.05, 0) is 53.4 Å². The van der Waals surface area contributed by atoms with Gasteiger partial charge >= 0.3 is 6.09 Å². The van der Waals surface area contributed by atoms with E-state index in [0.717, 1.165) is 71.2 Å². The van der Waals surface area contributed by atoms with Gasteiger partial charge in [0.1, 0.15) is 5.60 Å². The molecule has 0 spiro atoms. The van der Waals surface area contributed by atoms with E-state index in [1.807, 2.05) is 27.7 Å². The number of hydrogen-bond acceptors (Lipinski definition) is 5. The smallest absolute Gasteiger partial charge is 0.408 e. The third kappa shape index (κ3) is 11.0. The van der Waals surface area contributed by atoms with Crippen molar-refractivity contribution in [3.05, 3.63) is 0 Å². The van der Waals surface area contributed by atoms with Gasteiger partial charge in [0.15, 0.2) is 5.96 Å². The Morgan fingerprint density at radius 1 is 1.17 bits per heavy atom. The molecule has 0 saturated carbocycles. The van der Waals surface area contributed by atoms with Gasteiger partial charge in [-0.25, -0.2) is 4.79 Å². The highest BCUT2D eigenvalue weighted by Gasteiger charge is 2.30. The van der Waals surface area contributed by atoms with Crippen molar-refractivity contribution in [3.8, 4) is 0 Å². The minimum atomic E-state index is -0.524. The number of aliphatic imine (C=N–C) groups is 1. The lowest BCUT2D eigenvalue weighted by atomic mass is 9.93. The lowest BCUT2D eigenvalue weighted by Gasteiger charge is -2.32. The molecule has 0 radical (unpaired) electrons. The van der Waals surface area contributed by atoms with Crippen LogP contribution in [0.25, 0.3) is 0 Å². The SMILES string of the molecule is CCNC(=NCC(CC)(CC)NC(=O)OC(C)(C)C)NCCCOCC1CCOC1. The molecule has 0 bridgehead atoms. The van der Waals surface area contributed by atoms with Crippen molar-refractivity contribution < 1.29 is 19.0 Å². The highest BCUT2D eigenvalue weighted by molar-refractivity contribution is 5.79. The molecular formula is C22H44N4O4. The zero-order chi connectivity index (χ0) is 22.5. The molecule has 1 heterocycles. The lowest BCUT2D eigenvalue weighted by molar-refractivity contribution is 0.0451. The second-order valence-corrected chi connectivity index (χ2v) is 8.89. The predicted octanol–water partition coefficient (Wildman–Crippen LogP) is 3.07. The highest BCUT2D eigenvalue weighted by atomic mass is 16.6. The molecule has 8 nitrogen and oxygen atoms in total. The van der Waals surface area contributed by atoms with Crippen LogP contribution >= 0.6 is 0 Å². The van der Waals surface area contributed by atoms with Gasteiger partial charge in [-0.1, -0.05) is 13.8 Å². The van der Waals surface area contributed by atoms with E-state index in [4.69, 9.17) is 19.2 Å². The Balaban J connectivity index is 2.47. The molecule has 8 heteroatoms. The van der Waals surface area contributed by atoms with Gasteiger partial charge in [-0.3, -0.25) is 4.99 Å². The van der Waals surface area contributed by atoms with Crippen LogP contribution in [0.2, 0.25) is 0 Å². The fourth-order valence-electron chi connectivity index (χ4n) is 3.13. The number of rotatable bonds is 12. The molecule has 176 valence electrons. The van der Waals surface area contributed by atoms with E-state index in [2.05, 4.69) is 29.8 Å². The van der Waals surface area contributed by atoms with Crippen LogP contribution in [0.3, 0.4) is 0 Å². The van der Waals surface area contributed by atoms with Gasteiger partial charge in [0.25, 0.3) is 0 Å². The Morgan fingerprint density at radius 3 is 2.47 bits per heavy atom. The first-order valence-electron chi connectivity index (χ1n) is 11.4. The van der Waals surface area contributed by atoms with Crippen LogP contribution < -0.4 is 16.0 Å². The van der Waals surface area contributed by atoms with Gasteiger partial charge in [-0.15, -0.1) is 0 Å². The van der Waals surface area contributed by atoms with E-state index in [-0.39, 0.29) is 0 Å². The molecule has 0 aromatic heterocycles. The number of carbonyl (C=O) groups excluding carboxylic acids is 1. The van der Waals surface area contributed by atoms with E-state index in [9.17, 15) is 4.79 Å². The summed E-state index contributed by atoms with van der Waals surface area (Å²) in [7, 11) is 0. The molecule has 3 N–H and O–H groups in total. The first-order chi connectivity index (χ1) is 14.2. The van der Waals surface area contributed by atoms with Crippen molar-refractivity contribution in [1.29, 1.82) is 0 Å². The molecule has 30 heavy (non-hydrogen) atoms. The largest absolute Gasteiger partial charge is 0.444 e. The predicted molar refractivity (Wildman–Crippen MR) is 121 cm³/mol. The van der Waals surface area contributed by atoms with Crippen molar-refractivity contribution in [3.63, 3.8) is 0 Å². The van der Waals surface area contributed by atoms with Gasteiger partial charge in [-0.2, -0.15) is 0 Å². The van der Waals surface area contributed by atoms with Crippen molar-refractivity contribution in [2.75, 3.05) is 46.1 Å². The zero-order valence-electron chi connectivity index (χ0n) is 19.9. The highest BCUT2D eigenvalue weighted by Crippen LogP contribution is 2.17. The Kier molecular flexibility index (Phi) is 12.1. The number of guanidine groups is 1. The second-order valence-electron chi connectivity index (χ2n) is 8.89. The van der Waals surface area contributed by atoms with Gasteiger partial charge < -0.3 is 30.2 Å². The third-order valence-electron chi connectivity index (χ3n) is 5.14. The van der Waals surface area contributed by atoms with E-state index in [1.165, 1.54) is 0 Å². The third-order valence-corrected chi connectivity index (χ3v) is 5.14. The van der Waals surface area contributed by atoms with Gasteiger partial charge in [0.05, 0.1) is 25.3 Å². The first-order valence-corrected chi connectivity index (χ1v) is 11.4. The molecule has 1 unspecified atom stereocenters. The monoisotopic (exact) mass is 428 g/mol. The number of ether oxygens (including phenoxy) is 3. The van der Waals surface area contributed by atoms with Crippen molar-refractivity contribution in [1.82, 2.24) is 16.0 Å². The van der Waals surface area contributed by atoms with Crippen molar-refractivity contribution >= 4 is 12.1 Å². The number of alkyl carbamates (subject to hydrolysis) is 1. The number of carbonyl (C=O) groups is 1. The maximum absolute atomic E-state index is 12.3. The molecule has 1 saturated heterocycles. The summed E-state index contributed by atoms with van der Waals surface area (Å²) in [6.45, 7) is 17.0. The van der Waals surface area contributed by atoms with Gasteiger partial charge in [0, 0.05) is 32.2 Å². The minimum Gasteiger partial charge on any atom is -0.444 e. The van der Waals surface area contributed by atoms with Gasteiger partial charge in [0.2, 0.25) is 0 Å². The number of hydrogen-bond donors (Lipinski definition) is 3. The first kappa shape index (κ1) is 26.5. The summed E-state index contributed by atoms with van der Waals surface area (Å²) in [4.78, 5) is 17.0. The molecule has 1 rings (SSSR count). The Labute approximate surface area is 182 Å². The van der Waals surface area contributed by atoms with E-state index in [1.54, 1.807) is 0 Å². The van der Waals surface area contributed by atoms with E-state index >= 15 is 0 Å². The quantitative estimate of drug-likeness (QED) is 0.251. The summed E-state index contributed by atoms with van der Waals surface area (Å²) < 4.78 is 16.6. The molecule has 1 aliphatic heterocycles. The van der Waals surface area contributed by atoms with Crippen LogP contribution in [0.1, 0.15) is 67.2 Å². The van der Waals surface area contributed by atoms with Crippen molar-refractivity contribution in [2.24, 2.45) is 10.9 Å². The lowest BCUT2D eigenvalue weighted by Crippen LogP contribution is -2.52. The van der Waals surface area contributed by atoms with E-state index < -0.39 is 17.2 Å². The summed E-state index contributed by atoms with van der Waals surface area (Å²) in [6.07, 6.45) is 3.14. The Bertz CT molecular complexity index is 510. The Morgan fingerprint density at radius 2 is 1.90 bits per heavy atom. The molecule has 1 atom stereocenters. The zero-order valence-corrected chi connectivity index (χ0v) is 19.9. The average molecular weight is 429 g/mol. The molecule has 0 aromatic carbocycles. The second kappa shape index (κ2) is 13.7. The fraction of sp³-hybridized carbons (Fsp3) is 0.909. The minimum absolute atomic E-state index is 0.399. The summed E-state index contributed by atoms with van der Waals surface area (Å²) in [6, 6.07) is 0. The molecule has 0 aromatic rings. The fourth-order valence-corrected chi connectivity index (χ4v) is 3.13. The molecular weight excluding hydrogens is 384 g/mol. The number of amides is 1. The Hall–Kier alpha value is -1.54. The van der Waals surface area contributed by atoms with Crippen LogP contribution in [0.4, 0.5) is 4.79 Å². The van der Waals surface area contributed by atoms with Crippen LogP contribution in [0.5, 0.6) is 0 Å². The maximum Gasteiger partial charge on any atom is 0.408 e. The van der Waals surface area contributed by atoms with Crippen LogP contribution in [-0.4, -0.2) is 69.3 Å². The van der Waals surface area contributed by atoms with E-state index in [0.29, 0.717) is 12.5 Å². The van der Waals surface area contributed by atoms with Crippen LogP contribution in [0, 0.1) is 5.92 Å². The molecule has 1 aliphatic rings. The van der Waals surface area contributed by atoms with Crippen LogP contribution in [-0.2, 0) is 14.2 Å². The molecule has 1 fully saturated rings. The summed E-state index contributed by atoms with van der Waals surface area (Å²) in [5, 5.41) is 9.66. The van der Waals surface area contributed by atoms with Crippen LogP contribution in [0.15, 0.2) is 4.99 Å². The summed E-state index contributed by atoms with van der Waals surface area (Å²) >= 11 is 0. The van der Waals surface area contributed by atoms with Crippen molar-refractivity contribution in [2.45, 2.75) is 78.4 Å². The normalized spacial score (nSPS) is 17.7. The topological polar surface area (TPSA) is 93.2 Å². The maximum atomic E-state index is 12.3. The molecule has 0 aliphatic carbocycles. The summed E-state index contributed by atoms with van der Waals surface area (Å²) in [5.41, 5.74) is -0.957. The summed E-state index contributed by atoms with van der Waals surface area (Å²) in [5.74, 6) is 1.30. The number of nitrogens with zero attached hydrogens (tertiary/aromatic N) is 1. The average Bonchev–Trinajstić information content (AvgIpc) is 3.19.